The van der Waals surface area contributed by atoms with Crippen molar-refractivity contribution in [2.24, 2.45) is 11.7 Å². The largest absolute Gasteiger partial charge is 0.321 e. The zero-order valence-electron chi connectivity index (χ0n) is 12.0. The molecule has 0 heterocycles. The standard InChI is InChI=1S/C15H22FNO2S/c1-15(17,11-5-3-7-13(16)9-11)12-6-4-8-14(10-12)20(2,18)19/h3,5,7,9,12,14H,4,6,8,10,17H2,1-2H3. The molecule has 3 atom stereocenters. The fraction of sp³-hybridized carbons (Fsp3) is 0.600. The first-order chi connectivity index (χ1) is 9.21. The summed E-state index contributed by atoms with van der Waals surface area (Å²) < 4.78 is 36.9. The summed E-state index contributed by atoms with van der Waals surface area (Å²) in [6.45, 7) is 1.87. The van der Waals surface area contributed by atoms with Crippen molar-refractivity contribution in [2.75, 3.05) is 6.26 Å². The fourth-order valence-electron chi connectivity index (χ4n) is 3.14. The van der Waals surface area contributed by atoms with Crippen LogP contribution in [0.2, 0.25) is 0 Å². The molecule has 1 aromatic carbocycles. The molecule has 1 aliphatic carbocycles. The second-order valence-electron chi connectivity index (χ2n) is 6.11. The molecule has 0 amide bonds. The maximum Gasteiger partial charge on any atom is 0.150 e. The molecule has 0 radical (unpaired) electrons. The Balaban J connectivity index is 2.25. The van der Waals surface area contributed by atoms with Crippen molar-refractivity contribution in [3.05, 3.63) is 35.6 Å². The topological polar surface area (TPSA) is 60.2 Å². The van der Waals surface area contributed by atoms with Crippen LogP contribution in [0.3, 0.4) is 0 Å². The van der Waals surface area contributed by atoms with E-state index in [4.69, 9.17) is 5.73 Å². The van der Waals surface area contributed by atoms with E-state index in [1.807, 2.05) is 13.0 Å². The van der Waals surface area contributed by atoms with Gasteiger partial charge in [0.1, 0.15) is 15.7 Å². The molecule has 3 nitrogen and oxygen atoms in total. The molecule has 1 fully saturated rings. The highest BCUT2D eigenvalue weighted by molar-refractivity contribution is 7.91. The number of hydrogen-bond acceptors (Lipinski definition) is 3. The van der Waals surface area contributed by atoms with Gasteiger partial charge in [0, 0.05) is 11.8 Å². The van der Waals surface area contributed by atoms with Gasteiger partial charge in [0.2, 0.25) is 0 Å². The van der Waals surface area contributed by atoms with Crippen LogP contribution in [0.5, 0.6) is 0 Å². The van der Waals surface area contributed by atoms with E-state index < -0.39 is 15.4 Å². The van der Waals surface area contributed by atoms with Crippen molar-refractivity contribution in [2.45, 2.75) is 43.4 Å². The summed E-state index contributed by atoms with van der Waals surface area (Å²) in [7, 11) is -3.04. The minimum atomic E-state index is -3.04. The van der Waals surface area contributed by atoms with Crippen molar-refractivity contribution in [3.63, 3.8) is 0 Å². The van der Waals surface area contributed by atoms with Gasteiger partial charge in [-0.15, -0.1) is 0 Å². The Hall–Kier alpha value is -0.940. The van der Waals surface area contributed by atoms with Gasteiger partial charge in [-0.25, -0.2) is 12.8 Å². The van der Waals surface area contributed by atoms with E-state index >= 15 is 0 Å². The molecule has 5 heteroatoms. The van der Waals surface area contributed by atoms with Crippen LogP contribution in [0.15, 0.2) is 24.3 Å². The van der Waals surface area contributed by atoms with Crippen LogP contribution in [-0.2, 0) is 15.4 Å². The maximum atomic E-state index is 13.4. The number of halogens is 1. The number of rotatable bonds is 3. The Morgan fingerprint density at radius 1 is 1.35 bits per heavy atom. The van der Waals surface area contributed by atoms with E-state index in [0.29, 0.717) is 12.8 Å². The second kappa shape index (κ2) is 5.45. The van der Waals surface area contributed by atoms with E-state index in [1.165, 1.54) is 18.4 Å². The molecule has 0 spiro atoms. The Morgan fingerprint density at radius 3 is 2.65 bits per heavy atom. The van der Waals surface area contributed by atoms with Gasteiger partial charge in [0.05, 0.1) is 5.25 Å². The monoisotopic (exact) mass is 299 g/mol. The van der Waals surface area contributed by atoms with E-state index in [1.54, 1.807) is 6.07 Å². The van der Waals surface area contributed by atoms with Crippen LogP contribution in [0.25, 0.3) is 0 Å². The van der Waals surface area contributed by atoms with Crippen molar-refractivity contribution in [1.82, 2.24) is 0 Å². The summed E-state index contributed by atoms with van der Waals surface area (Å²) in [6, 6.07) is 6.30. The highest BCUT2D eigenvalue weighted by Gasteiger charge is 2.38. The normalized spacial score (nSPS) is 27.0. The zero-order chi connectivity index (χ0) is 15.0. The highest BCUT2D eigenvalue weighted by Crippen LogP contribution is 2.39. The van der Waals surface area contributed by atoms with Gasteiger partial charge < -0.3 is 5.73 Å². The zero-order valence-corrected chi connectivity index (χ0v) is 12.8. The molecule has 1 aromatic rings. The predicted molar refractivity (Wildman–Crippen MR) is 78.5 cm³/mol. The van der Waals surface area contributed by atoms with Gasteiger partial charge >= 0.3 is 0 Å². The lowest BCUT2D eigenvalue weighted by atomic mass is 9.72. The van der Waals surface area contributed by atoms with Crippen LogP contribution >= 0.6 is 0 Å². The molecule has 1 aliphatic rings. The lowest BCUT2D eigenvalue weighted by Gasteiger charge is -2.39. The number of nitrogens with two attached hydrogens (primary N) is 1. The molecule has 1 saturated carbocycles. The highest BCUT2D eigenvalue weighted by atomic mass is 32.2. The van der Waals surface area contributed by atoms with E-state index in [9.17, 15) is 12.8 Å². The fourth-order valence-corrected chi connectivity index (χ4v) is 4.31. The Morgan fingerprint density at radius 2 is 2.05 bits per heavy atom. The van der Waals surface area contributed by atoms with Crippen molar-refractivity contribution >= 4 is 9.84 Å². The van der Waals surface area contributed by atoms with Gasteiger partial charge in [-0.3, -0.25) is 0 Å². The quantitative estimate of drug-likeness (QED) is 0.933. The first kappa shape index (κ1) is 15.4. The Kier molecular flexibility index (Phi) is 4.21. The molecule has 0 saturated heterocycles. The molecule has 0 bridgehead atoms. The first-order valence-corrected chi connectivity index (χ1v) is 8.90. The lowest BCUT2D eigenvalue weighted by molar-refractivity contribution is 0.225. The number of sulfone groups is 1. The van der Waals surface area contributed by atoms with Crippen molar-refractivity contribution in [3.8, 4) is 0 Å². The second-order valence-corrected chi connectivity index (χ2v) is 8.43. The van der Waals surface area contributed by atoms with Gasteiger partial charge in [0.15, 0.2) is 0 Å². The first-order valence-electron chi connectivity index (χ1n) is 6.95. The molecule has 0 aliphatic heterocycles. The number of benzene rings is 1. The third-order valence-electron chi connectivity index (χ3n) is 4.53. The molecule has 3 unspecified atom stereocenters. The molecule has 112 valence electrons. The summed E-state index contributed by atoms with van der Waals surface area (Å²) in [6.07, 6.45) is 4.28. The van der Waals surface area contributed by atoms with Crippen LogP contribution in [0, 0.1) is 11.7 Å². The molecule has 2 N–H and O–H groups in total. The summed E-state index contributed by atoms with van der Waals surface area (Å²) in [4.78, 5) is 0. The van der Waals surface area contributed by atoms with Crippen LogP contribution < -0.4 is 5.73 Å². The van der Waals surface area contributed by atoms with Gasteiger partial charge in [-0.05, 0) is 49.8 Å². The van der Waals surface area contributed by atoms with E-state index in [-0.39, 0.29) is 17.0 Å². The smallest absolute Gasteiger partial charge is 0.150 e. The van der Waals surface area contributed by atoms with Gasteiger partial charge in [-0.1, -0.05) is 18.6 Å². The van der Waals surface area contributed by atoms with Gasteiger partial charge in [-0.2, -0.15) is 0 Å². The average molecular weight is 299 g/mol. The average Bonchev–Trinajstić information content (AvgIpc) is 2.38. The summed E-state index contributed by atoms with van der Waals surface area (Å²) in [5.74, 6) is -0.257. The van der Waals surface area contributed by atoms with Crippen LogP contribution in [0.1, 0.15) is 38.2 Å². The SMILES string of the molecule is CC(N)(c1cccc(F)c1)C1CCCC(S(C)(=O)=O)C1. The minimum Gasteiger partial charge on any atom is -0.321 e. The van der Waals surface area contributed by atoms with E-state index in [2.05, 4.69) is 0 Å². The summed E-state index contributed by atoms with van der Waals surface area (Å²) in [5, 5.41) is -0.322. The minimum absolute atomic E-state index is 0.0535. The molecular formula is C15H22FNO2S. The summed E-state index contributed by atoms with van der Waals surface area (Å²) in [5.41, 5.74) is 6.46. The van der Waals surface area contributed by atoms with Crippen molar-refractivity contribution in [1.29, 1.82) is 0 Å². The van der Waals surface area contributed by atoms with Gasteiger partial charge in [0.25, 0.3) is 0 Å². The Bertz CT molecular complexity index is 583. The summed E-state index contributed by atoms with van der Waals surface area (Å²) >= 11 is 0. The maximum absolute atomic E-state index is 13.4. The third kappa shape index (κ3) is 3.20. The molecule has 20 heavy (non-hydrogen) atoms. The lowest BCUT2D eigenvalue weighted by Crippen LogP contribution is -2.45. The van der Waals surface area contributed by atoms with Crippen molar-refractivity contribution < 1.29 is 12.8 Å². The molecular weight excluding hydrogens is 277 g/mol. The predicted octanol–water partition coefficient (Wildman–Crippen LogP) is 2.60. The van der Waals surface area contributed by atoms with Crippen LogP contribution in [-0.4, -0.2) is 19.9 Å². The van der Waals surface area contributed by atoms with E-state index in [0.717, 1.165) is 18.4 Å². The molecule has 2 rings (SSSR count). The third-order valence-corrected chi connectivity index (χ3v) is 6.17. The van der Waals surface area contributed by atoms with Crippen LogP contribution in [0.4, 0.5) is 4.39 Å². The Labute approximate surface area is 120 Å². The molecule has 0 aromatic heterocycles. The number of hydrogen-bond donors (Lipinski definition) is 1.